The summed E-state index contributed by atoms with van der Waals surface area (Å²) in [5.41, 5.74) is 5.94. The zero-order chi connectivity index (χ0) is 12.6. The van der Waals surface area contributed by atoms with Gasteiger partial charge in [-0.15, -0.1) is 0 Å². The minimum Gasteiger partial charge on any atom is -0.507 e. The summed E-state index contributed by atoms with van der Waals surface area (Å²) in [5, 5.41) is 19.8. The van der Waals surface area contributed by atoms with Crippen LogP contribution in [0, 0.1) is 13.8 Å². The van der Waals surface area contributed by atoms with Crippen LogP contribution >= 0.6 is 0 Å². The van der Waals surface area contributed by atoms with Gasteiger partial charge in [-0.3, -0.25) is 0 Å². The Bertz CT molecular complexity index is 433. The van der Waals surface area contributed by atoms with Crippen molar-refractivity contribution in [1.29, 1.82) is 0 Å². The third kappa shape index (κ3) is 2.19. The van der Waals surface area contributed by atoms with Gasteiger partial charge in [0.15, 0.2) is 0 Å². The number of aliphatic hydroxyl groups excluding tert-OH is 1. The lowest BCUT2D eigenvalue weighted by atomic mass is 9.82. The minimum atomic E-state index is -0.402. The summed E-state index contributed by atoms with van der Waals surface area (Å²) in [7, 11) is 0. The molecule has 2 N–H and O–H groups in total. The van der Waals surface area contributed by atoms with E-state index in [1.807, 2.05) is 6.92 Å². The molecule has 0 heterocycles. The minimum absolute atomic E-state index is 0.402. The summed E-state index contributed by atoms with van der Waals surface area (Å²) in [6.07, 6.45) is 4.82. The number of aromatic hydroxyl groups is 1. The first-order valence-corrected chi connectivity index (χ1v) is 6.53. The summed E-state index contributed by atoms with van der Waals surface area (Å²) in [6, 6.07) is 0. The van der Waals surface area contributed by atoms with Crippen molar-refractivity contribution >= 4 is 0 Å². The van der Waals surface area contributed by atoms with Crippen LogP contribution in [0.5, 0.6) is 5.75 Å². The predicted octanol–water partition coefficient (Wildman–Crippen LogP) is 2.81. The van der Waals surface area contributed by atoms with Gasteiger partial charge < -0.3 is 10.2 Å². The Balaban J connectivity index is 2.57. The lowest BCUT2D eigenvalue weighted by Crippen LogP contribution is -2.13. The van der Waals surface area contributed by atoms with E-state index in [-0.39, 0.29) is 0 Å². The summed E-state index contributed by atoms with van der Waals surface area (Å²) in [5.74, 6) is 0.407. The fourth-order valence-electron chi connectivity index (χ4n) is 3.01. The molecule has 0 aliphatic heterocycles. The van der Waals surface area contributed by atoms with Crippen molar-refractivity contribution in [3.63, 3.8) is 0 Å². The largest absolute Gasteiger partial charge is 0.507 e. The van der Waals surface area contributed by atoms with E-state index in [2.05, 4.69) is 6.92 Å². The average Bonchev–Trinajstić information content (AvgIpc) is 2.31. The van der Waals surface area contributed by atoms with E-state index in [0.717, 1.165) is 24.0 Å². The van der Waals surface area contributed by atoms with Crippen LogP contribution in [0.25, 0.3) is 0 Å². The Hall–Kier alpha value is -1.02. The zero-order valence-electron chi connectivity index (χ0n) is 11.0. The first-order valence-electron chi connectivity index (χ1n) is 6.53. The SMILES string of the molecule is Cc1c(O)c(CC(C)O)c(C)c2c1CCCC2. The van der Waals surface area contributed by atoms with Crippen LogP contribution in [0.4, 0.5) is 0 Å². The topological polar surface area (TPSA) is 40.5 Å². The van der Waals surface area contributed by atoms with Crippen molar-refractivity contribution in [2.45, 2.75) is 59.0 Å². The van der Waals surface area contributed by atoms with E-state index < -0.39 is 6.10 Å². The molecule has 0 saturated carbocycles. The second kappa shape index (κ2) is 4.69. The molecule has 0 spiro atoms. The van der Waals surface area contributed by atoms with E-state index in [1.165, 1.54) is 29.5 Å². The quantitative estimate of drug-likeness (QED) is 0.826. The van der Waals surface area contributed by atoms with Crippen molar-refractivity contribution < 1.29 is 10.2 Å². The van der Waals surface area contributed by atoms with Gasteiger partial charge in [0, 0.05) is 6.42 Å². The van der Waals surface area contributed by atoms with Crippen LogP contribution in [0.15, 0.2) is 0 Å². The van der Waals surface area contributed by atoms with Crippen LogP contribution in [-0.4, -0.2) is 16.3 Å². The molecule has 94 valence electrons. The Morgan fingerprint density at radius 1 is 1.06 bits per heavy atom. The summed E-state index contributed by atoms with van der Waals surface area (Å²) in [4.78, 5) is 0. The average molecular weight is 234 g/mol. The standard InChI is InChI=1S/C15H22O2/c1-9(16)8-14-10(2)12-6-4-5-7-13(12)11(3)15(14)17/h9,16-17H,4-8H2,1-3H3. The Kier molecular flexibility index (Phi) is 3.43. The van der Waals surface area contributed by atoms with Gasteiger partial charge in [-0.1, -0.05) is 0 Å². The molecule has 0 radical (unpaired) electrons. The monoisotopic (exact) mass is 234 g/mol. The molecule has 1 unspecified atom stereocenters. The number of fused-ring (bicyclic) bond motifs is 1. The molecule has 2 heteroatoms. The molecular formula is C15H22O2. The highest BCUT2D eigenvalue weighted by Crippen LogP contribution is 2.37. The number of phenolic OH excluding ortho intramolecular Hbond substituents is 1. The Morgan fingerprint density at radius 3 is 2.12 bits per heavy atom. The number of hydrogen-bond donors (Lipinski definition) is 2. The van der Waals surface area contributed by atoms with Gasteiger partial charge in [0.1, 0.15) is 5.75 Å². The smallest absolute Gasteiger partial charge is 0.122 e. The van der Waals surface area contributed by atoms with Gasteiger partial charge in [0.25, 0.3) is 0 Å². The second-order valence-electron chi connectivity index (χ2n) is 5.29. The molecule has 17 heavy (non-hydrogen) atoms. The van der Waals surface area contributed by atoms with E-state index in [4.69, 9.17) is 0 Å². The molecule has 1 atom stereocenters. The Morgan fingerprint density at radius 2 is 1.59 bits per heavy atom. The molecule has 2 rings (SSSR count). The van der Waals surface area contributed by atoms with Gasteiger partial charge in [-0.05, 0) is 74.3 Å². The summed E-state index contributed by atoms with van der Waals surface area (Å²) < 4.78 is 0. The number of aliphatic hydroxyl groups is 1. The molecule has 1 aliphatic rings. The maximum absolute atomic E-state index is 10.3. The van der Waals surface area contributed by atoms with Crippen molar-refractivity contribution in [2.24, 2.45) is 0 Å². The van der Waals surface area contributed by atoms with Gasteiger partial charge in [-0.2, -0.15) is 0 Å². The van der Waals surface area contributed by atoms with Crippen LogP contribution in [-0.2, 0) is 19.3 Å². The molecule has 1 aromatic rings. The maximum Gasteiger partial charge on any atom is 0.122 e. The summed E-state index contributed by atoms with van der Waals surface area (Å²) >= 11 is 0. The first kappa shape index (κ1) is 12.4. The molecular weight excluding hydrogens is 212 g/mol. The zero-order valence-corrected chi connectivity index (χ0v) is 11.0. The molecule has 0 fully saturated rings. The van der Waals surface area contributed by atoms with E-state index >= 15 is 0 Å². The van der Waals surface area contributed by atoms with Crippen LogP contribution < -0.4 is 0 Å². The third-order valence-electron chi connectivity index (χ3n) is 3.97. The van der Waals surface area contributed by atoms with Crippen LogP contribution in [0.2, 0.25) is 0 Å². The summed E-state index contributed by atoms with van der Waals surface area (Å²) in [6.45, 7) is 5.86. The van der Waals surface area contributed by atoms with E-state index in [0.29, 0.717) is 12.2 Å². The maximum atomic E-state index is 10.3. The van der Waals surface area contributed by atoms with Crippen molar-refractivity contribution in [2.75, 3.05) is 0 Å². The lowest BCUT2D eigenvalue weighted by Gasteiger charge is -2.25. The highest BCUT2D eigenvalue weighted by atomic mass is 16.3. The van der Waals surface area contributed by atoms with Crippen molar-refractivity contribution in [1.82, 2.24) is 0 Å². The second-order valence-corrected chi connectivity index (χ2v) is 5.29. The van der Waals surface area contributed by atoms with Gasteiger partial charge >= 0.3 is 0 Å². The Labute approximate surface area is 103 Å². The van der Waals surface area contributed by atoms with Gasteiger partial charge in [0.2, 0.25) is 0 Å². The predicted molar refractivity (Wildman–Crippen MR) is 69.6 cm³/mol. The number of phenols is 1. The highest BCUT2D eigenvalue weighted by Gasteiger charge is 2.21. The van der Waals surface area contributed by atoms with Crippen LogP contribution in [0.3, 0.4) is 0 Å². The van der Waals surface area contributed by atoms with E-state index in [9.17, 15) is 10.2 Å². The first-order chi connectivity index (χ1) is 8.02. The fourth-order valence-corrected chi connectivity index (χ4v) is 3.01. The van der Waals surface area contributed by atoms with Crippen molar-refractivity contribution in [3.05, 3.63) is 27.8 Å². The molecule has 2 nitrogen and oxygen atoms in total. The third-order valence-corrected chi connectivity index (χ3v) is 3.97. The molecule has 0 aromatic heterocycles. The molecule has 0 saturated heterocycles. The fraction of sp³-hybridized carbons (Fsp3) is 0.600. The molecule has 0 bridgehead atoms. The number of hydrogen-bond acceptors (Lipinski definition) is 2. The van der Waals surface area contributed by atoms with Crippen molar-refractivity contribution in [3.8, 4) is 5.75 Å². The van der Waals surface area contributed by atoms with E-state index in [1.54, 1.807) is 6.92 Å². The molecule has 1 aliphatic carbocycles. The molecule has 0 amide bonds. The number of rotatable bonds is 2. The molecule has 1 aromatic carbocycles. The normalized spacial score (nSPS) is 16.7. The number of benzene rings is 1. The van der Waals surface area contributed by atoms with Gasteiger partial charge in [0.05, 0.1) is 6.10 Å². The lowest BCUT2D eigenvalue weighted by molar-refractivity contribution is 0.194. The highest BCUT2D eigenvalue weighted by molar-refractivity contribution is 5.55. The van der Waals surface area contributed by atoms with Crippen LogP contribution in [0.1, 0.15) is 47.6 Å². The van der Waals surface area contributed by atoms with Gasteiger partial charge in [-0.25, -0.2) is 0 Å².